The Hall–Kier alpha value is -3.42. The van der Waals surface area contributed by atoms with E-state index in [1.165, 1.54) is 45.4 Å². The van der Waals surface area contributed by atoms with Crippen LogP contribution in [-0.4, -0.2) is 49.0 Å². The zero-order chi connectivity index (χ0) is 21.0. The fourth-order valence-electron chi connectivity index (χ4n) is 2.75. The van der Waals surface area contributed by atoms with Gasteiger partial charge in [0.25, 0.3) is 0 Å². The molecule has 2 aromatic rings. The molecule has 0 bridgehead atoms. The van der Waals surface area contributed by atoms with Gasteiger partial charge in [-0.25, -0.2) is 14.4 Å². The van der Waals surface area contributed by atoms with Crippen molar-refractivity contribution < 1.29 is 33.4 Å². The molecule has 148 valence electrons. The highest BCUT2D eigenvalue weighted by molar-refractivity contribution is 6.04. The van der Waals surface area contributed by atoms with Gasteiger partial charge >= 0.3 is 17.9 Å². The molecule has 0 aliphatic carbocycles. The SMILES string of the molecule is COC(=O)c1ccc(C(=O)OC(C)C(=O)c2[nH]c(C)c(C(=O)OC)c2C)cc1. The Balaban J connectivity index is 2.15. The monoisotopic (exact) mass is 387 g/mol. The molecule has 0 saturated carbocycles. The first-order chi connectivity index (χ1) is 13.2. The molecule has 28 heavy (non-hydrogen) atoms. The van der Waals surface area contributed by atoms with Gasteiger partial charge in [0.1, 0.15) is 0 Å². The van der Waals surface area contributed by atoms with E-state index >= 15 is 0 Å². The molecule has 1 aromatic heterocycles. The van der Waals surface area contributed by atoms with E-state index in [-0.39, 0.29) is 22.4 Å². The number of carbonyl (C=O) groups is 4. The van der Waals surface area contributed by atoms with Crippen LogP contribution in [0.4, 0.5) is 0 Å². The van der Waals surface area contributed by atoms with Crippen molar-refractivity contribution in [1.82, 2.24) is 4.98 Å². The molecule has 1 atom stereocenters. The van der Waals surface area contributed by atoms with Crippen molar-refractivity contribution in [3.05, 3.63) is 57.9 Å². The molecule has 0 aliphatic rings. The van der Waals surface area contributed by atoms with Crippen molar-refractivity contribution in [3.63, 3.8) is 0 Å². The highest BCUT2D eigenvalue weighted by Crippen LogP contribution is 2.21. The Kier molecular flexibility index (Phi) is 6.35. The summed E-state index contributed by atoms with van der Waals surface area (Å²) in [7, 11) is 2.51. The van der Waals surface area contributed by atoms with Crippen LogP contribution in [0.5, 0.6) is 0 Å². The Labute approximate surface area is 161 Å². The van der Waals surface area contributed by atoms with Crippen LogP contribution in [0, 0.1) is 13.8 Å². The zero-order valence-electron chi connectivity index (χ0n) is 16.2. The third-order valence-electron chi connectivity index (χ3n) is 4.27. The van der Waals surface area contributed by atoms with E-state index in [4.69, 9.17) is 9.47 Å². The smallest absolute Gasteiger partial charge is 0.339 e. The Morgan fingerprint density at radius 1 is 0.857 bits per heavy atom. The van der Waals surface area contributed by atoms with E-state index < -0.39 is 29.8 Å². The van der Waals surface area contributed by atoms with E-state index in [9.17, 15) is 19.2 Å². The van der Waals surface area contributed by atoms with Crippen LogP contribution in [-0.2, 0) is 14.2 Å². The maximum Gasteiger partial charge on any atom is 0.339 e. The number of Topliss-reactive ketones (excluding diaryl/α,β-unsaturated/α-hetero) is 1. The van der Waals surface area contributed by atoms with E-state index in [1.807, 2.05) is 0 Å². The van der Waals surface area contributed by atoms with E-state index in [2.05, 4.69) is 9.72 Å². The average molecular weight is 387 g/mol. The topological polar surface area (TPSA) is 112 Å². The Bertz CT molecular complexity index is 925. The van der Waals surface area contributed by atoms with E-state index in [0.717, 1.165) is 0 Å². The number of H-pyrrole nitrogens is 1. The van der Waals surface area contributed by atoms with Gasteiger partial charge in [-0.1, -0.05) is 0 Å². The van der Waals surface area contributed by atoms with Crippen molar-refractivity contribution in [3.8, 4) is 0 Å². The van der Waals surface area contributed by atoms with Gasteiger partial charge < -0.3 is 19.2 Å². The number of benzene rings is 1. The fourth-order valence-corrected chi connectivity index (χ4v) is 2.75. The van der Waals surface area contributed by atoms with E-state index in [1.54, 1.807) is 13.8 Å². The molecule has 8 heteroatoms. The minimum absolute atomic E-state index is 0.180. The van der Waals surface area contributed by atoms with Crippen molar-refractivity contribution in [1.29, 1.82) is 0 Å². The Morgan fingerprint density at radius 3 is 1.86 bits per heavy atom. The Morgan fingerprint density at radius 2 is 1.36 bits per heavy atom. The second-order valence-electron chi connectivity index (χ2n) is 6.10. The molecule has 0 amide bonds. The lowest BCUT2D eigenvalue weighted by atomic mass is 10.1. The minimum Gasteiger partial charge on any atom is -0.465 e. The highest BCUT2D eigenvalue weighted by atomic mass is 16.5. The van der Waals surface area contributed by atoms with Gasteiger partial charge in [-0.05, 0) is 50.6 Å². The zero-order valence-corrected chi connectivity index (χ0v) is 16.2. The summed E-state index contributed by atoms with van der Waals surface area (Å²) in [5, 5.41) is 0. The summed E-state index contributed by atoms with van der Waals surface area (Å²) in [4.78, 5) is 51.1. The number of carbonyl (C=O) groups excluding carboxylic acids is 4. The molecule has 0 spiro atoms. The summed E-state index contributed by atoms with van der Waals surface area (Å²) in [6.45, 7) is 4.70. The number of rotatable bonds is 6. The first-order valence-corrected chi connectivity index (χ1v) is 8.42. The van der Waals surface area contributed by atoms with Crippen LogP contribution in [0.3, 0.4) is 0 Å². The third-order valence-corrected chi connectivity index (χ3v) is 4.27. The van der Waals surface area contributed by atoms with Gasteiger partial charge in [-0.3, -0.25) is 4.79 Å². The van der Waals surface area contributed by atoms with Gasteiger partial charge in [-0.2, -0.15) is 0 Å². The molecule has 1 unspecified atom stereocenters. The predicted octanol–water partition coefficient (Wildman–Crippen LogP) is 2.63. The number of hydrogen-bond donors (Lipinski definition) is 1. The molecule has 1 N–H and O–H groups in total. The second kappa shape index (κ2) is 8.51. The number of nitrogens with one attached hydrogen (secondary N) is 1. The number of aryl methyl sites for hydroxylation is 1. The molecule has 2 rings (SSSR count). The van der Waals surface area contributed by atoms with Crippen molar-refractivity contribution in [2.75, 3.05) is 14.2 Å². The van der Waals surface area contributed by atoms with Crippen molar-refractivity contribution in [2.24, 2.45) is 0 Å². The van der Waals surface area contributed by atoms with Crippen LogP contribution in [0.1, 0.15) is 59.7 Å². The van der Waals surface area contributed by atoms with Crippen LogP contribution in [0.25, 0.3) is 0 Å². The fraction of sp³-hybridized carbons (Fsp3) is 0.300. The predicted molar refractivity (Wildman–Crippen MR) is 98.6 cm³/mol. The summed E-state index contributed by atoms with van der Waals surface area (Å²) in [6, 6.07) is 5.67. The normalized spacial score (nSPS) is 11.5. The molecule has 0 fully saturated rings. The van der Waals surface area contributed by atoms with Crippen molar-refractivity contribution in [2.45, 2.75) is 26.9 Å². The van der Waals surface area contributed by atoms with Gasteiger partial charge in [-0.15, -0.1) is 0 Å². The van der Waals surface area contributed by atoms with Crippen LogP contribution >= 0.6 is 0 Å². The molecule has 0 aliphatic heterocycles. The van der Waals surface area contributed by atoms with Gasteiger partial charge in [0.15, 0.2) is 6.10 Å². The average Bonchev–Trinajstić information content (AvgIpc) is 3.00. The first kappa shape index (κ1) is 20.9. The number of esters is 3. The first-order valence-electron chi connectivity index (χ1n) is 8.42. The number of aromatic amines is 1. The number of ketones is 1. The van der Waals surface area contributed by atoms with Gasteiger partial charge in [0, 0.05) is 5.69 Å². The van der Waals surface area contributed by atoms with Crippen LogP contribution in [0.15, 0.2) is 24.3 Å². The standard InChI is InChI=1S/C20H21NO7/c1-10-15(20(25)27-5)11(2)21-16(10)17(22)12(3)28-19(24)14-8-6-13(7-9-14)18(23)26-4/h6-9,12,21H,1-5H3. The summed E-state index contributed by atoms with van der Waals surface area (Å²) < 4.78 is 14.5. The molecular formula is C20H21NO7. The third kappa shape index (κ3) is 4.11. The molecule has 1 heterocycles. The number of methoxy groups -OCH3 is 2. The van der Waals surface area contributed by atoms with E-state index in [0.29, 0.717) is 11.3 Å². The maximum atomic E-state index is 12.7. The summed E-state index contributed by atoms with van der Waals surface area (Å²) in [5.41, 5.74) is 1.85. The molecule has 0 radical (unpaired) electrons. The minimum atomic E-state index is -1.09. The number of ether oxygens (including phenoxy) is 3. The lowest BCUT2D eigenvalue weighted by Gasteiger charge is -2.12. The largest absolute Gasteiger partial charge is 0.465 e. The highest BCUT2D eigenvalue weighted by Gasteiger charge is 2.27. The van der Waals surface area contributed by atoms with Crippen molar-refractivity contribution >= 4 is 23.7 Å². The number of hydrogen-bond acceptors (Lipinski definition) is 7. The van der Waals surface area contributed by atoms with Gasteiger partial charge in [0.05, 0.1) is 36.6 Å². The molecule has 0 saturated heterocycles. The quantitative estimate of drug-likeness (QED) is 0.461. The maximum absolute atomic E-state index is 12.7. The molecule has 1 aromatic carbocycles. The van der Waals surface area contributed by atoms with Gasteiger partial charge in [0.2, 0.25) is 5.78 Å². The lowest BCUT2D eigenvalue weighted by molar-refractivity contribution is 0.0316. The van der Waals surface area contributed by atoms with Crippen LogP contribution in [0.2, 0.25) is 0 Å². The molecule has 8 nitrogen and oxygen atoms in total. The summed E-state index contributed by atoms with van der Waals surface area (Å²) in [6.07, 6.45) is -1.09. The summed E-state index contributed by atoms with van der Waals surface area (Å²) >= 11 is 0. The molecular weight excluding hydrogens is 366 g/mol. The number of aromatic nitrogens is 1. The summed E-state index contributed by atoms with van der Waals surface area (Å²) in [5.74, 6) is -2.27. The van der Waals surface area contributed by atoms with Crippen LogP contribution < -0.4 is 0 Å². The second-order valence-corrected chi connectivity index (χ2v) is 6.10. The lowest BCUT2D eigenvalue weighted by Crippen LogP contribution is -2.25.